The molecule has 2 aliphatic rings. The predicted molar refractivity (Wildman–Crippen MR) is 58.2 cm³/mol. The maximum Gasteiger partial charge on any atom is 0.237 e. The van der Waals surface area contributed by atoms with Crippen molar-refractivity contribution in [2.45, 2.75) is 44.7 Å². The highest BCUT2D eigenvalue weighted by molar-refractivity contribution is 5.37. The Bertz CT molecular complexity index is 313. The fourth-order valence-electron chi connectivity index (χ4n) is 3.37. The number of nitrogens with zero attached hydrogens (tertiary/aromatic N) is 2. The van der Waals surface area contributed by atoms with Crippen LogP contribution >= 0.6 is 0 Å². The van der Waals surface area contributed by atoms with Crippen molar-refractivity contribution in [2.24, 2.45) is 27.7 Å². The molecule has 2 unspecified atom stereocenters. The molecule has 16 heavy (non-hydrogen) atoms. The smallest absolute Gasteiger partial charge is 0.211 e. The van der Waals surface area contributed by atoms with Crippen LogP contribution in [0.25, 0.3) is 0 Å². The van der Waals surface area contributed by atoms with Crippen molar-refractivity contribution in [2.75, 3.05) is 0 Å². The standard InChI is InChI=1S/C12H16N2O2/c15-7-13-12(14-8-16)11-5-9-2-1-3-10(4-9)6-11/h9-12H,1-6H2. The van der Waals surface area contributed by atoms with E-state index in [0.29, 0.717) is 0 Å². The molecule has 0 N–H and O–H groups in total. The Balaban J connectivity index is 2.07. The first kappa shape index (κ1) is 11.3. The van der Waals surface area contributed by atoms with Gasteiger partial charge in [0.05, 0.1) is 0 Å². The molecule has 0 amide bonds. The molecule has 86 valence electrons. The summed E-state index contributed by atoms with van der Waals surface area (Å²) in [5, 5.41) is 0. The van der Waals surface area contributed by atoms with Gasteiger partial charge in [0, 0.05) is 5.92 Å². The van der Waals surface area contributed by atoms with Gasteiger partial charge in [0.2, 0.25) is 12.2 Å². The summed E-state index contributed by atoms with van der Waals surface area (Å²) >= 11 is 0. The van der Waals surface area contributed by atoms with Crippen LogP contribution in [0.15, 0.2) is 9.98 Å². The summed E-state index contributed by atoms with van der Waals surface area (Å²) in [6.07, 6.45) is 9.76. The lowest BCUT2D eigenvalue weighted by atomic mass is 9.67. The van der Waals surface area contributed by atoms with Crippen LogP contribution in [0.4, 0.5) is 0 Å². The van der Waals surface area contributed by atoms with Gasteiger partial charge in [0.1, 0.15) is 0 Å². The summed E-state index contributed by atoms with van der Waals surface area (Å²) in [4.78, 5) is 27.9. The zero-order valence-corrected chi connectivity index (χ0v) is 9.26. The SMILES string of the molecule is O=C=NC(N=C=O)C1CC2CCCC(C2)C1. The third-order valence-electron chi connectivity index (χ3n) is 3.96. The predicted octanol–water partition coefficient (Wildman–Crippen LogP) is 2.20. The van der Waals surface area contributed by atoms with Crippen LogP contribution in [0.3, 0.4) is 0 Å². The van der Waals surface area contributed by atoms with Gasteiger partial charge in [-0.05, 0) is 31.1 Å². The average Bonchev–Trinajstić information content (AvgIpc) is 2.28. The van der Waals surface area contributed by atoms with Crippen molar-refractivity contribution < 1.29 is 9.59 Å². The number of rotatable bonds is 3. The van der Waals surface area contributed by atoms with Gasteiger partial charge < -0.3 is 0 Å². The summed E-state index contributed by atoms with van der Waals surface area (Å²) < 4.78 is 0. The third kappa shape index (κ3) is 2.46. The van der Waals surface area contributed by atoms with Gasteiger partial charge in [0.15, 0.2) is 6.17 Å². The minimum atomic E-state index is -0.529. The van der Waals surface area contributed by atoms with Gasteiger partial charge in [-0.2, -0.15) is 9.98 Å². The maximum atomic E-state index is 10.3. The Morgan fingerprint density at radius 1 is 0.938 bits per heavy atom. The molecule has 2 atom stereocenters. The van der Waals surface area contributed by atoms with Crippen LogP contribution in [-0.2, 0) is 9.59 Å². The summed E-state index contributed by atoms with van der Waals surface area (Å²) in [5.74, 6) is 1.72. The van der Waals surface area contributed by atoms with E-state index in [1.165, 1.54) is 37.8 Å². The maximum absolute atomic E-state index is 10.3. The number of fused-ring (bicyclic) bond motifs is 2. The molecule has 0 heterocycles. The van der Waals surface area contributed by atoms with Crippen molar-refractivity contribution in [1.82, 2.24) is 0 Å². The van der Waals surface area contributed by atoms with E-state index >= 15 is 0 Å². The summed E-state index contributed by atoms with van der Waals surface area (Å²) in [5.41, 5.74) is 0. The molecule has 0 aromatic carbocycles. The second-order valence-electron chi connectivity index (χ2n) is 4.98. The monoisotopic (exact) mass is 220 g/mol. The first-order valence-electron chi connectivity index (χ1n) is 5.97. The largest absolute Gasteiger partial charge is 0.237 e. The number of aliphatic imine (C=N–C) groups is 2. The molecule has 2 bridgehead atoms. The van der Waals surface area contributed by atoms with E-state index < -0.39 is 6.17 Å². The highest BCUT2D eigenvalue weighted by Crippen LogP contribution is 2.44. The number of carbonyl (C=O) groups excluding carboxylic acids is 2. The quantitative estimate of drug-likeness (QED) is 0.540. The molecule has 0 aromatic rings. The molecule has 4 heteroatoms. The van der Waals surface area contributed by atoms with E-state index in [4.69, 9.17) is 0 Å². The fraction of sp³-hybridized carbons (Fsp3) is 0.833. The van der Waals surface area contributed by atoms with Crippen LogP contribution in [-0.4, -0.2) is 18.3 Å². The van der Waals surface area contributed by atoms with Gasteiger partial charge in [-0.25, -0.2) is 9.59 Å². The van der Waals surface area contributed by atoms with Crippen molar-refractivity contribution in [3.8, 4) is 0 Å². The lowest BCUT2D eigenvalue weighted by Gasteiger charge is -2.39. The summed E-state index contributed by atoms with van der Waals surface area (Å²) in [6.45, 7) is 0. The highest BCUT2D eigenvalue weighted by atomic mass is 16.1. The zero-order valence-electron chi connectivity index (χ0n) is 9.26. The lowest BCUT2D eigenvalue weighted by molar-refractivity contribution is 0.124. The van der Waals surface area contributed by atoms with Crippen molar-refractivity contribution in [3.63, 3.8) is 0 Å². The molecule has 0 saturated heterocycles. The minimum absolute atomic E-state index is 0.243. The molecule has 0 radical (unpaired) electrons. The van der Waals surface area contributed by atoms with Gasteiger partial charge in [-0.15, -0.1) is 0 Å². The summed E-state index contributed by atoms with van der Waals surface area (Å²) in [6, 6.07) is 0. The molecule has 2 fully saturated rings. The minimum Gasteiger partial charge on any atom is -0.211 e. The Morgan fingerprint density at radius 2 is 1.50 bits per heavy atom. The normalized spacial score (nSPS) is 34.4. The fourth-order valence-corrected chi connectivity index (χ4v) is 3.37. The number of hydrogen-bond acceptors (Lipinski definition) is 4. The van der Waals surface area contributed by atoms with Crippen molar-refractivity contribution in [3.05, 3.63) is 0 Å². The van der Waals surface area contributed by atoms with Gasteiger partial charge >= 0.3 is 0 Å². The van der Waals surface area contributed by atoms with Crippen LogP contribution in [0.1, 0.15) is 38.5 Å². The van der Waals surface area contributed by atoms with Crippen molar-refractivity contribution >= 4 is 12.2 Å². The Hall–Kier alpha value is -1.24. The number of hydrogen-bond donors (Lipinski definition) is 0. The zero-order chi connectivity index (χ0) is 11.4. The van der Waals surface area contributed by atoms with Gasteiger partial charge in [0.25, 0.3) is 0 Å². The topological polar surface area (TPSA) is 58.9 Å². The molecule has 0 aromatic heterocycles. The van der Waals surface area contributed by atoms with E-state index in [0.717, 1.165) is 24.7 Å². The van der Waals surface area contributed by atoms with E-state index in [2.05, 4.69) is 9.98 Å². The first-order chi connectivity index (χ1) is 7.83. The lowest BCUT2D eigenvalue weighted by Crippen LogP contribution is -2.31. The molecule has 0 aliphatic heterocycles. The Morgan fingerprint density at radius 3 is 2.00 bits per heavy atom. The van der Waals surface area contributed by atoms with E-state index in [1.807, 2.05) is 0 Å². The molecule has 2 rings (SSSR count). The summed E-state index contributed by atoms with van der Waals surface area (Å²) in [7, 11) is 0. The van der Waals surface area contributed by atoms with Gasteiger partial charge in [-0.1, -0.05) is 19.3 Å². The van der Waals surface area contributed by atoms with E-state index in [-0.39, 0.29) is 5.92 Å². The van der Waals surface area contributed by atoms with E-state index in [9.17, 15) is 9.59 Å². The second kappa shape index (κ2) is 5.20. The number of isocyanates is 2. The first-order valence-corrected chi connectivity index (χ1v) is 5.97. The third-order valence-corrected chi connectivity index (χ3v) is 3.96. The van der Waals surface area contributed by atoms with Gasteiger partial charge in [-0.3, -0.25) is 0 Å². The van der Waals surface area contributed by atoms with Crippen LogP contribution in [0.5, 0.6) is 0 Å². The molecule has 4 nitrogen and oxygen atoms in total. The highest BCUT2D eigenvalue weighted by Gasteiger charge is 2.35. The molecule has 2 saturated carbocycles. The molecular formula is C12H16N2O2. The van der Waals surface area contributed by atoms with Crippen LogP contribution in [0, 0.1) is 17.8 Å². The molecule has 0 spiro atoms. The van der Waals surface area contributed by atoms with Crippen LogP contribution in [0.2, 0.25) is 0 Å². The van der Waals surface area contributed by atoms with Crippen LogP contribution < -0.4 is 0 Å². The van der Waals surface area contributed by atoms with Crippen molar-refractivity contribution in [1.29, 1.82) is 0 Å². The van der Waals surface area contributed by atoms with E-state index in [1.54, 1.807) is 0 Å². The average molecular weight is 220 g/mol. The molecule has 2 aliphatic carbocycles. The Labute approximate surface area is 94.9 Å². The second-order valence-corrected chi connectivity index (χ2v) is 4.98. The molecular weight excluding hydrogens is 204 g/mol. The Kier molecular flexibility index (Phi) is 3.66.